The number of hydrogen-bond acceptors (Lipinski definition) is 0. The first kappa shape index (κ1) is 28.4. The first-order chi connectivity index (χ1) is 14.4. The summed E-state index contributed by atoms with van der Waals surface area (Å²) in [6.07, 6.45) is 35.1. The molecule has 2 radical (unpaired) electrons. The van der Waals surface area contributed by atoms with Crippen LogP contribution in [-0.4, -0.2) is 0 Å². The van der Waals surface area contributed by atoms with Crippen LogP contribution in [0, 0.1) is 12.0 Å². The molecule has 0 aromatic carbocycles. The summed E-state index contributed by atoms with van der Waals surface area (Å²) in [5, 5.41) is 0. The van der Waals surface area contributed by atoms with E-state index >= 15 is 0 Å². The lowest BCUT2D eigenvalue weighted by atomic mass is 10.0. The van der Waals surface area contributed by atoms with Gasteiger partial charge < -0.3 is 0 Å². The van der Waals surface area contributed by atoms with Crippen molar-refractivity contribution < 1.29 is 0 Å². The quantitative estimate of drug-likeness (QED) is 0.113. The minimum absolute atomic E-state index is 0.857. The average molecular weight is 404 g/mol. The van der Waals surface area contributed by atoms with Crippen LogP contribution in [0.3, 0.4) is 0 Å². The highest BCUT2D eigenvalue weighted by Gasteiger charge is 1.96. The number of nitrogens with zero attached hydrogens (tertiary/aromatic N) is 1. The Morgan fingerprint density at radius 3 is 0.862 bits per heavy atom. The van der Waals surface area contributed by atoms with E-state index in [0.717, 1.165) is 12.8 Å². The highest BCUT2D eigenvalue weighted by molar-refractivity contribution is 4.92. The molecule has 0 amide bonds. The fourth-order valence-electron chi connectivity index (χ4n) is 4.23. The maximum atomic E-state index is 8.39. The van der Waals surface area contributed by atoms with Crippen LogP contribution < -0.4 is 5.73 Å². The SMILES string of the molecule is CCCCCCCCCCCCCCCCCCCCCCCCCCC#C[N]. The van der Waals surface area contributed by atoms with E-state index in [1.165, 1.54) is 148 Å². The van der Waals surface area contributed by atoms with Crippen LogP contribution in [0.5, 0.6) is 0 Å². The van der Waals surface area contributed by atoms with Crippen LogP contribution in [0.25, 0.3) is 0 Å². The van der Waals surface area contributed by atoms with Crippen molar-refractivity contribution in [2.75, 3.05) is 0 Å². The van der Waals surface area contributed by atoms with E-state index in [1.54, 1.807) is 0 Å². The minimum Gasteiger partial charge on any atom is -0.0878 e. The maximum absolute atomic E-state index is 8.39. The van der Waals surface area contributed by atoms with Gasteiger partial charge in [0.2, 0.25) is 0 Å². The van der Waals surface area contributed by atoms with Gasteiger partial charge in [0.1, 0.15) is 0 Å². The molecule has 0 spiro atoms. The Bertz CT molecular complexity index is 338. The van der Waals surface area contributed by atoms with Gasteiger partial charge in [-0.15, -0.1) is 0 Å². The van der Waals surface area contributed by atoms with Crippen LogP contribution in [-0.2, 0) is 0 Å². The molecule has 1 nitrogen and oxygen atoms in total. The van der Waals surface area contributed by atoms with E-state index in [2.05, 4.69) is 12.8 Å². The summed E-state index contributed by atoms with van der Waals surface area (Å²) in [5.41, 5.74) is 8.39. The predicted molar refractivity (Wildman–Crippen MR) is 131 cm³/mol. The van der Waals surface area contributed by atoms with Gasteiger partial charge in [-0.1, -0.05) is 166 Å². The molecule has 170 valence electrons. The van der Waals surface area contributed by atoms with Crippen molar-refractivity contribution in [2.45, 2.75) is 167 Å². The average Bonchev–Trinajstić information content (AvgIpc) is 2.74. The van der Waals surface area contributed by atoms with E-state index in [0.29, 0.717) is 0 Å². The summed E-state index contributed by atoms with van der Waals surface area (Å²) in [4.78, 5) is 0. The second kappa shape index (κ2) is 27.4. The van der Waals surface area contributed by atoms with Crippen molar-refractivity contribution in [1.29, 1.82) is 0 Å². The monoisotopic (exact) mass is 403 g/mol. The number of rotatable bonds is 24. The molecule has 0 aliphatic rings. The van der Waals surface area contributed by atoms with Gasteiger partial charge >= 0.3 is 0 Å². The van der Waals surface area contributed by atoms with E-state index in [-0.39, 0.29) is 0 Å². The lowest BCUT2D eigenvalue weighted by molar-refractivity contribution is 0.517. The molecule has 0 saturated carbocycles. The Kier molecular flexibility index (Phi) is 26.8. The summed E-state index contributed by atoms with van der Waals surface area (Å²) < 4.78 is 0. The van der Waals surface area contributed by atoms with Crippen LogP contribution in [0.15, 0.2) is 0 Å². The van der Waals surface area contributed by atoms with E-state index in [1.807, 2.05) is 6.04 Å². The fourth-order valence-corrected chi connectivity index (χ4v) is 4.23. The molecule has 0 aromatic rings. The van der Waals surface area contributed by atoms with Crippen LogP contribution in [0.1, 0.15) is 167 Å². The largest absolute Gasteiger partial charge is 0.0878 e. The maximum Gasteiger partial charge on any atom is 0.0584 e. The van der Waals surface area contributed by atoms with E-state index in [9.17, 15) is 0 Å². The number of unbranched alkanes of at least 4 members (excludes halogenated alkanes) is 24. The summed E-state index contributed by atoms with van der Waals surface area (Å²) in [6, 6.07) is 1.98. The van der Waals surface area contributed by atoms with Gasteiger partial charge in [-0.3, -0.25) is 0 Å². The molecule has 29 heavy (non-hydrogen) atoms. The van der Waals surface area contributed by atoms with Gasteiger partial charge in [-0.2, -0.15) is 0 Å². The zero-order valence-corrected chi connectivity index (χ0v) is 20.1. The van der Waals surface area contributed by atoms with Crippen LogP contribution in [0.2, 0.25) is 0 Å². The van der Waals surface area contributed by atoms with Gasteiger partial charge in [0.05, 0.1) is 6.04 Å². The fraction of sp³-hybridized carbons (Fsp3) is 0.929. The van der Waals surface area contributed by atoms with Gasteiger partial charge in [0.15, 0.2) is 0 Å². The van der Waals surface area contributed by atoms with Crippen LogP contribution in [0.4, 0.5) is 0 Å². The molecule has 0 saturated heterocycles. The Balaban J connectivity index is 2.99. The minimum atomic E-state index is 0.857. The van der Waals surface area contributed by atoms with E-state index in [4.69, 9.17) is 5.73 Å². The highest BCUT2D eigenvalue weighted by Crippen LogP contribution is 2.15. The summed E-state index contributed by atoms with van der Waals surface area (Å²) in [5.74, 6) is 2.72. The highest BCUT2D eigenvalue weighted by atomic mass is 14.4. The lowest BCUT2D eigenvalue weighted by Gasteiger charge is -2.04. The van der Waals surface area contributed by atoms with Crippen molar-refractivity contribution in [3.63, 3.8) is 0 Å². The molecule has 0 atom stereocenters. The van der Waals surface area contributed by atoms with Crippen LogP contribution >= 0.6 is 0 Å². The Morgan fingerprint density at radius 2 is 0.621 bits per heavy atom. The standard InChI is InChI=1S/C28H53N/c1-2-3-4-5-6-7-8-9-10-11-12-13-14-15-16-17-18-19-20-21-22-23-24-25-26-27-28-29/h2-26H2,1H3. The molecule has 0 rings (SSSR count). The van der Waals surface area contributed by atoms with E-state index < -0.39 is 0 Å². The Labute approximate surface area is 185 Å². The van der Waals surface area contributed by atoms with Crippen molar-refractivity contribution >= 4 is 0 Å². The molecule has 0 heterocycles. The topological polar surface area (TPSA) is 22.3 Å². The van der Waals surface area contributed by atoms with Crippen molar-refractivity contribution in [1.82, 2.24) is 5.73 Å². The third-order valence-corrected chi connectivity index (χ3v) is 6.23. The molecular weight excluding hydrogens is 350 g/mol. The van der Waals surface area contributed by atoms with Crippen molar-refractivity contribution in [2.24, 2.45) is 0 Å². The van der Waals surface area contributed by atoms with Gasteiger partial charge in [0.25, 0.3) is 0 Å². The third kappa shape index (κ3) is 27.4. The van der Waals surface area contributed by atoms with Gasteiger partial charge in [-0.05, 0) is 6.42 Å². The summed E-state index contributed by atoms with van der Waals surface area (Å²) in [6.45, 7) is 2.30. The molecule has 0 bridgehead atoms. The Hall–Kier alpha value is -0.640. The second-order valence-corrected chi connectivity index (χ2v) is 9.17. The molecule has 1 heteroatoms. The third-order valence-electron chi connectivity index (χ3n) is 6.23. The summed E-state index contributed by atoms with van der Waals surface area (Å²) in [7, 11) is 0. The van der Waals surface area contributed by atoms with Crippen molar-refractivity contribution in [3.8, 4) is 12.0 Å². The molecule has 0 N–H and O–H groups in total. The number of hydrogen-bond donors (Lipinski definition) is 0. The lowest BCUT2D eigenvalue weighted by Crippen LogP contribution is -1.84. The van der Waals surface area contributed by atoms with Gasteiger partial charge in [0, 0.05) is 6.42 Å². The molecule has 0 aliphatic carbocycles. The molecule has 0 aliphatic heterocycles. The van der Waals surface area contributed by atoms with Gasteiger partial charge in [-0.25, -0.2) is 0 Å². The Morgan fingerprint density at radius 1 is 0.379 bits per heavy atom. The molecular formula is C28H53N. The molecule has 0 fully saturated rings. The zero-order valence-electron chi connectivity index (χ0n) is 20.1. The predicted octanol–water partition coefficient (Wildman–Crippen LogP) is 9.79. The molecule has 0 unspecified atom stereocenters. The first-order valence-electron chi connectivity index (χ1n) is 13.5. The normalized spacial score (nSPS) is 10.8. The summed E-state index contributed by atoms with van der Waals surface area (Å²) >= 11 is 0. The second-order valence-electron chi connectivity index (χ2n) is 9.17. The molecule has 0 aromatic heterocycles. The first-order valence-corrected chi connectivity index (χ1v) is 13.5. The van der Waals surface area contributed by atoms with Crippen molar-refractivity contribution in [3.05, 3.63) is 0 Å². The smallest absolute Gasteiger partial charge is 0.0584 e. The zero-order chi connectivity index (χ0) is 21.1.